The normalized spacial score (nSPS) is 11.6. The quantitative estimate of drug-likeness (QED) is 0.915. The van der Waals surface area contributed by atoms with Gasteiger partial charge >= 0.3 is 0 Å². The molecule has 0 fully saturated rings. The van der Waals surface area contributed by atoms with Crippen molar-refractivity contribution in [3.63, 3.8) is 0 Å². The average Bonchev–Trinajstić information content (AvgIpc) is 2.44. The predicted molar refractivity (Wildman–Crippen MR) is 76.7 cm³/mol. The molecule has 2 aromatic rings. The molecular formula is C14H12ClF2NO2S. The lowest BCUT2D eigenvalue weighted by Gasteiger charge is -2.07. The molecular weight excluding hydrogens is 320 g/mol. The molecule has 0 aromatic heterocycles. The van der Waals surface area contributed by atoms with E-state index in [-0.39, 0.29) is 11.4 Å². The molecule has 0 aliphatic carbocycles. The van der Waals surface area contributed by atoms with Gasteiger partial charge in [-0.2, -0.15) is 0 Å². The number of hydrogen-bond donors (Lipinski definition) is 1. The van der Waals surface area contributed by atoms with Crippen LogP contribution in [0.1, 0.15) is 5.56 Å². The zero-order valence-corrected chi connectivity index (χ0v) is 12.4. The minimum atomic E-state index is -3.86. The molecule has 0 saturated carbocycles. The fourth-order valence-corrected chi connectivity index (χ4v) is 2.88. The van der Waals surface area contributed by atoms with Gasteiger partial charge in [0.05, 0.1) is 4.90 Å². The summed E-state index contributed by atoms with van der Waals surface area (Å²) in [6.45, 7) is 0.142. The Labute approximate surface area is 126 Å². The van der Waals surface area contributed by atoms with Crippen LogP contribution >= 0.6 is 11.6 Å². The van der Waals surface area contributed by atoms with Gasteiger partial charge in [-0.05, 0) is 42.3 Å². The van der Waals surface area contributed by atoms with Crippen LogP contribution in [0, 0.1) is 11.6 Å². The van der Waals surface area contributed by atoms with E-state index in [4.69, 9.17) is 11.6 Å². The molecule has 2 rings (SSSR count). The lowest BCUT2D eigenvalue weighted by Crippen LogP contribution is -2.26. The van der Waals surface area contributed by atoms with Crippen molar-refractivity contribution in [1.82, 2.24) is 4.72 Å². The Bertz CT molecular complexity index is 733. The molecule has 0 unspecified atom stereocenters. The van der Waals surface area contributed by atoms with Gasteiger partial charge in [-0.1, -0.05) is 23.7 Å². The van der Waals surface area contributed by atoms with Crippen LogP contribution in [0.2, 0.25) is 5.02 Å². The lowest BCUT2D eigenvalue weighted by atomic mass is 10.2. The van der Waals surface area contributed by atoms with Gasteiger partial charge in [0.1, 0.15) is 0 Å². The van der Waals surface area contributed by atoms with Gasteiger partial charge in [0.25, 0.3) is 0 Å². The van der Waals surface area contributed by atoms with Crippen molar-refractivity contribution in [3.05, 3.63) is 64.7 Å². The molecule has 3 nitrogen and oxygen atoms in total. The molecule has 0 bridgehead atoms. The first-order valence-corrected chi connectivity index (χ1v) is 7.94. The Morgan fingerprint density at radius 2 is 1.67 bits per heavy atom. The average molecular weight is 332 g/mol. The Morgan fingerprint density at radius 1 is 1.00 bits per heavy atom. The smallest absolute Gasteiger partial charge is 0.211 e. The third-order valence-corrected chi connectivity index (χ3v) is 4.53. The molecule has 0 spiro atoms. The van der Waals surface area contributed by atoms with Crippen molar-refractivity contribution in [2.45, 2.75) is 11.3 Å². The molecule has 0 aliphatic rings. The first-order valence-electron chi connectivity index (χ1n) is 6.08. The van der Waals surface area contributed by atoms with Gasteiger partial charge in [0.2, 0.25) is 10.0 Å². The fraction of sp³-hybridized carbons (Fsp3) is 0.143. The molecule has 21 heavy (non-hydrogen) atoms. The molecule has 2 aromatic carbocycles. The van der Waals surface area contributed by atoms with E-state index in [0.29, 0.717) is 17.5 Å². The van der Waals surface area contributed by atoms with Gasteiger partial charge in [0, 0.05) is 11.6 Å². The first kappa shape index (κ1) is 15.9. The summed E-state index contributed by atoms with van der Waals surface area (Å²) in [4.78, 5) is -0.308. The maximum atomic E-state index is 13.1. The van der Waals surface area contributed by atoms with Gasteiger partial charge in [-0.3, -0.25) is 0 Å². The van der Waals surface area contributed by atoms with Crippen molar-refractivity contribution >= 4 is 21.6 Å². The molecule has 7 heteroatoms. The van der Waals surface area contributed by atoms with Gasteiger partial charge in [0.15, 0.2) is 11.6 Å². The summed E-state index contributed by atoms with van der Waals surface area (Å²) >= 11 is 5.75. The second-order valence-electron chi connectivity index (χ2n) is 4.35. The van der Waals surface area contributed by atoms with Crippen LogP contribution < -0.4 is 4.72 Å². The zero-order chi connectivity index (χ0) is 15.5. The summed E-state index contributed by atoms with van der Waals surface area (Å²) < 4.78 is 52.0. The highest BCUT2D eigenvalue weighted by atomic mass is 35.5. The Morgan fingerprint density at radius 3 is 2.29 bits per heavy atom. The van der Waals surface area contributed by atoms with Crippen molar-refractivity contribution in [2.24, 2.45) is 0 Å². The number of rotatable bonds is 5. The number of sulfonamides is 1. The molecule has 0 aliphatic heterocycles. The monoisotopic (exact) mass is 331 g/mol. The standard InChI is InChI=1S/C14H12ClF2NO2S/c15-11-3-1-10(2-4-11)7-8-18-21(19,20)12-5-6-13(16)14(17)9-12/h1-6,9,18H,7-8H2. The van der Waals surface area contributed by atoms with Crippen LogP contribution in [0.25, 0.3) is 0 Å². The number of hydrogen-bond acceptors (Lipinski definition) is 2. The van der Waals surface area contributed by atoms with E-state index in [1.807, 2.05) is 0 Å². The van der Waals surface area contributed by atoms with E-state index in [0.717, 1.165) is 17.7 Å². The topological polar surface area (TPSA) is 46.2 Å². The summed E-state index contributed by atoms with van der Waals surface area (Å²) in [6, 6.07) is 9.44. The maximum absolute atomic E-state index is 13.1. The number of benzene rings is 2. The summed E-state index contributed by atoms with van der Waals surface area (Å²) in [5.41, 5.74) is 0.910. The summed E-state index contributed by atoms with van der Waals surface area (Å²) in [6.07, 6.45) is 0.458. The molecule has 112 valence electrons. The summed E-state index contributed by atoms with van der Waals surface area (Å²) in [7, 11) is -3.86. The molecule has 0 heterocycles. The van der Waals surface area contributed by atoms with E-state index in [2.05, 4.69) is 4.72 Å². The third-order valence-electron chi connectivity index (χ3n) is 2.82. The van der Waals surface area contributed by atoms with Crippen LogP contribution in [0.4, 0.5) is 8.78 Å². The third kappa shape index (κ3) is 4.23. The molecule has 1 N–H and O–H groups in total. The Hall–Kier alpha value is -1.50. The summed E-state index contributed by atoms with van der Waals surface area (Å²) in [5.74, 6) is -2.29. The highest BCUT2D eigenvalue weighted by Crippen LogP contribution is 2.14. The van der Waals surface area contributed by atoms with Crippen molar-refractivity contribution in [3.8, 4) is 0 Å². The van der Waals surface area contributed by atoms with E-state index in [9.17, 15) is 17.2 Å². The van der Waals surface area contributed by atoms with Crippen molar-refractivity contribution in [1.29, 1.82) is 0 Å². The second kappa shape index (κ2) is 6.51. The lowest BCUT2D eigenvalue weighted by molar-refractivity contribution is 0.504. The Kier molecular flexibility index (Phi) is 4.92. The minimum Gasteiger partial charge on any atom is -0.211 e. The van der Waals surface area contributed by atoms with Gasteiger partial charge in [-0.25, -0.2) is 21.9 Å². The Balaban J connectivity index is 2.01. The van der Waals surface area contributed by atoms with Crippen LogP contribution in [0.15, 0.2) is 47.4 Å². The van der Waals surface area contributed by atoms with Gasteiger partial charge < -0.3 is 0 Å². The second-order valence-corrected chi connectivity index (χ2v) is 6.55. The molecule has 0 amide bonds. The number of nitrogens with one attached hydrogen (secondary N) is 1. The highest BCUT2D eigenvalue weighted by Gasteiger charge is 2.15. The van der Waals surface area contributed by atoms with Gasteiger partial charge in [-0.15, -0.1) is 0 Å². The predicted octanol–water partition coefficient (Wildman–Crippen LogP) is 3.14. The molecule has 0 saturated heterocycles. The SMILES string of the molecule is O=S(=O)(NCCc1ccc(Cl)cc1)c1ccc(F)c(F)c1. The number of halogens is 3. The van der Waals surface area contributed by atoms with E-state index in [1.165, 1.54) is 0 Å². The van der Waals surface area contributed by atoms with Crippen molar-refractivity contribution < 1.29 is 17.2 Å². The van der Waals surface area contributed by atoms with E-state index >= 15 is 0 Å². The fourth-order valence-electron chi connectivity index (χ4n) is 1.71. The zero-order valence-electron chi connectivity index (χ0n) is 10.8. The maximum Gasteiger partial charge on any atom is 0.240 e. The minimum absolute atomic E-state index is 0.142. The first-order chi connectivity index (χ1) is 9.88. The molecule has 0 radical (unpaired) electrons. The van der Waals surface area contributed by atoms with Crippen molar-refractivity contribution in [2.75, 3.05) is 6.54 Å². The summed E-state index contributed by atoms with van der Waals surface area (Å²) in [5, 5.41) is 0.598. The van der Waals surface area contributed by atoms with E-state index in [1.54, 1.807) is 24.3 Å². The van der Waals surface area contributed by atoms with Crippen LogP contribution in [-0.2, 0) is 16.4 Å². The van der Waals surface area contributed by atoms with Crippen LogP contribution in [-0.4, -0.2) is 15.0 Å². The largest absolute Gasteiger partial charge is 0.240 e. The highest BCUT2D eigenvalue weighted by molar-refractivity contribution is 7.89. The van der Waals surface area contributed by atoms with Crippen LogP contribution in [0.5, 0.6) is 0 Å². The van der Waals surface area contributed by atoms with E-state index < -0.39 is 21.7 Å². The molecule has 0 atom stereocenters. The van der Waals surface area contributed by atoms with Crippen LogP contribution in [0.3, 0.4) is 0 Å².